The Balaban J connectivity index is 2.53. The van der Waals surface area contributed by atoms with E-state index in [1.807, 2.05) is 39.0 Å². The van der Waals surface area contributed by atoms with Gasteiger partial charge in [0.1, 0.15) is 10.9 Å². The molecule has 0 aliphatic carbocycles. The molecule has 1 heterocycles. The van der Waals surface area contributed by atoms with E-state index >= 15 is 0 Å². The number of hydrogen-bond donors (Lipinski definition) is 3. The van der Waals surface area contributed by atoms with Crippen molar-refractivity contribution in [2.75, 3.05) is 17.2 Å². The third kappa shape index (κ3) is 6.29. The normalized spacial score (nSPS) is 12.1. The molecule has 2 aromatic rings. The molecular formula is C23H33N5O3S. The summed E-state index contributed by atoms with van der Waals surface area (Å²) in [6.45, 7) is 10.6. The number of amides is 3. The number of nitrogen functional groups attached to an aromatic ring is 1. The number of nitrogens with two attached hydrogens (primary N) is 2. The number of hydrogen-bond acceptors (Lipinski definition) is 6. The van der Waals surface area contributed by atoms with Crippen molar-refractivity contribution in [1.82, 2.24) is 9.69 Å². The molecule has 1 aromatic carbocycles. The SMILES string of the molecule is Cc1cccc(N(C(=O)c2snc(C(N)=O)c2N)C(CC(C)C)C(=O)NCCC(C)C)c1. The van der Waals surface area contributed by atoms with Crippen molar-refractivity contribution < 1.29 is 14.4 Å². The highest BCUT2D eigenvalue weighted by molar-refractivity contribution is 7.09. The zero-order chi connectivity index (χ0) is 24.0. The average Bonchev–Trinajstić information content (AvgIpc) is 3.08. The highest BCUT2D eigenvalue weighted by Gasteiger charge is 2.35. The van der Waals surface area contributed by atoms with Gasteiger partial charge in [-0.05, 0) is 60.8 Å². The molecule has 0 spiro atoms. The smallest absolute Gasteiger partial charge is 0.272 e. The maximum atomic E-state index is 13.7. The van der Waals surface area contributed by atoms with Gasteiger partial charge < -0.3 is 16.8 Å². The van der Waals surface area contributed by atoms with E-state index in [1.165, 1.54) is 4.90 Å². The summed E-state index contributed by atoms with van der Waals surface area (Å²) >= 11 is 0.811. The van der Waals surface area contributed by atoms with Crippen molar-refractivity contribution in [3.05, 3.63) is 40.4 Å². The van der Waals surface area contributed by atoms with Gasteiger partial charge in [-0.2, -0.15) is 4.37 Å². The van der Waals surface area contributed by atoms with E-state index in [0.717, 1.165) is 23.5 Å². The Kier molecular flexibility index (Phi) is 8.77. The molecule has 1 atom stereocenters. The van der Waals surface area contributed by atoms with Crippen LogP contribution in [0.2, 0.25) is 0 Å². The standard InChI is InChI=1S/C23H33N5O3S/c1-13(2)9-10-26-22(30)17(11-14(3)4)28(16-8-6-7-15(5)12-16)23(31)20-18(24)19(21(25)29)27-32-20/h6-8,12-14,17H,9-11,24H2,1-5H3,(H2,25,29)(H,26,30). The first kappa shape index (κ1) is 25.3. The van der Waals surface area contributed by atoms with Crippen molar-refractivity contribution in [3.63, 3.8) is 0 Å². The summed E-state index contributed by atoms with van der Waals surface area (Å²) < 4.78 is 3.96. The Morgan fingerprint density at radius 1 is 1.16 bits per heavy atom. The fraction of sp³-hybridized carbons (Fsp3) is 0.478. The summed E-state index contributed by atoms with van der Waals surface area (Å²) in [5, 5.41) is 2.98. The van der Waals surface area contributed by atoms with E-state index in [2.05, 4.69) is 23.5 Å². The molecule has 0 radical (unpaired) electrons. The zero-order valence-electron chi connectivity index (χ0n) is 19.3. The van der Waals surface area contributed by atoms with Crippen LogP contribution in [0.5, 0.6) is 0 Å². The molecule has 0 aliphatic rings. The highest BCUT2D eigenvalue weighted by atomic mass is 32.1. The third-order valence-electron chi connectivity index (χ3n) is 4.98. The maximum Gasteiger partial charge on any atom is 0.272 e. The largest absolute Gasteiger partial charge is 0.395 e. The highest BCUT2D eigenvalue weighted by Crippen LogP contribution is 2.29. The first-order valence-corrected chi connectivity index (χ1v) is 11.5. The molecule has 0 aliphatic heterocycles. The Morgan fingerprint density at radius 3 is 2.38 bits per heavy atom. The molecule has 9 heteroatoms. The van der Waals surface area contributed by atoms with Crippen LogP contribution in [-0.4, -0.2) is 34.7 Å². The van der Waals surface area contributed by atoms with Crippen LogP contribution in [0, 0.1) is 18.8 Å². The van der Waals surface area contributed by atoms with E-state index < -0.39 is 17.9 Å². The quantitative estimate of drug-likeness (QED) is 0.501. The number of nitrogens with zero attached hydrogens (tertiary/aromatic N) is 2. The van der Waals surface area contributed by atoms with Crippen molar-refractivity contribution in [2.24, 2.45) is 17.6 Å². The van der Waals surface area contributed by atoms with Gasteiger partial charge in [0.15, 0.2) is 5.69 Å². The van der Waals surface area contributed by atoms with Gasteiger partial charge in [-0.15, -0.1) is 0 Å². The molecule has 174 valence electrons. The van der Waals surface area contributed by atoms with Crippen LogP contribution in [0.25, 0.3) is 0 Å². The summed E-state index contributed by atoms with van der Waals surface area (Å²) in [5.41, 5.74) is 12.7. The van der Waals surface area contributed by atoms with Crippen LogP contribution in [0.4, 0.5) is 11.4 Å². The lowest BCUT2D eigenvalue weighted by Crippen LogP contribution is -2.51. The van der Waals surface area contributed by atoms with Gasteiger partial charge in [0.05, 0.1) is 5.69 Å². The molecular weight excluding hydrogens is 426 g/mol. The second-order valence-corrected chi connectivity index (χ2v) is 9.54. The maximum absolute atomic E-state index is 13.7. The molecule has 2 rings (SSSR count). The molecule has 0 saturated heterocycles. The second kappa shape index (κ2) is 11.1. The Morgan fingerprint density at radius 2 is 1.84 bits per heavy atom. The number of aromatic nitrogens is 1. The summed E-state index contributed by atoms with van der Waals surface area (Å²) in [7, 11) is 0. The molecule has 0 saturated carbocycles. The number of benzene rings is 1. The minimum atomic E-state index is -0.801. The van der Waals surface area contributed by atoms with Crippen molar-refractivity contribution in [3.8, 4) is 0 Å². The van der Waals surface area contributed by atoms with Gasteiger partial charge in [-0.25, -0.2) is 0 Å². The molecule has 5 N–H and O–H groups in total. The summed E-state index contributed by atoms with van der Waals surface area (Å²) in [5.74, 6) is -0.922. The van der Waals surface area contributed by atoms with Crippen LogP contribution >= 0.6 is 11.5 Å². The van der Waals surface area contributed by atoms with Crippen molar-refractivity contribution >= 4 is 40.6 Å². The van der Waals surface area contributed by atoms with Crippen LogP contribution in [0.15, 0.2) is 24.3 Å². The number of primary amides is 1. The average molecular weight is 460 g/mol. The first-order valence-electron chi connectivity index (χ1n) is 10.8. The van der Waals surface area contributed by atoms with Gasteiger partial charge in [-0.3, -0.25) is 19.3 Å². The van der Waals surface area contributed by atoms with E-state index in [0.29, 0.717) is 24.6 Å². The number of carbonyl (C=O) groups is 3. The summed E-state index contributed by atoms with van der Waals surface area (Å²) in [6.07, 6.45) is 1.29. The lowest BCUT2D eigenvalue weighted by atomic mass is 9.99. The number of nitrogens with one attached hydrogen (secondary N) is 1. The van der Waals surface area contributed by atoms with Crippen LogP contribution in [-0.2, 0) is 4.79 Å². The minimum Gasteiger partial charge on any atom is -0.395 e. The van der Waals surface area contributed by atoms with E-state index in [1.54, 1.807) is 6.07 Å². The van der Waals surface area contributed by atoms with Crippen molar-refractivity contribution in [1.29, 1.82) is 0 Å². The molecule has 8 nitrogen and oxygen atoms in total. The molecule has 1 unspecified atom stereocenters. The van der Waals surface area contributed by atoms with E-state index in [4.69, 9.17) is 11.5 Å². The van der Waals surface area contributed by atoms with Gasteiger partial charge in [-0.1, -0.05) is 39.8 Å². The number of carbonyl (C=O) groups excluding carboxylic acids is 3. The molecule has 0 fully saturated rings. The predicted octanol–water partition coefficient (Wildman–Crippen LogP) is 3.36. The molecule has 0 bridgehead atoms. The van der Waals surface area contributed by atoms with Gasteiger partial charge >= 0.3 is 0 Å². The summed E-state index contributed by atoms with van der Waals surface area (Å²) in [6, 6.07) is 6.62. The number of anilines is 2. The van der Waals surface area contributed by atoms with Crippen LogP contribution in [0.1, 0.15) is 66.3 Å². The first-order chi connectivity index (χ1) is 15.0. The topological polar surface area (TPSA) is 131 Å². The Labute approximate surface area is 193 Å². The molecule has 1 aromatic heterocycles. The third-order valence-corrected chi connectivity index (χ3v) is 5.84. The van der Waals surface area contributed by atoms with E-state index in [9.17, 15) is 14.4 Å². The van der Waals surface area contributed by atoms with Crippen LogP contribution in [0.3, 0.4) is 0 Å². The number of rotatable bonds is 10. The second-order valence-electron chi connectivity index (χ2n) is 8.77. The minimum absolute atomic E-state index is 0.0614. The molecule has 32 heavy (non-hydrogen) atoms. The summed E-state index contributed by atoms with van der Waals surface area (Å²) in [4.78, 5) is 40.1. The van der Waals surface area contributed by atoms with E-state index in [-0.39, 0.29) is 28.1 Å². The zero-order valence-corrected chi connectivity index (χ0v) is 20.2. The lowest BCUT2D eigenvalue weighted by Gasteiger charge is -2.32. The molecule has 3 amide bonds. The fourth-order valence-electron chi connectivity index (χ4n) is 3.33. The monoisotopic (exact) mass is 459 g/mol. The Hall–Kier alpha value is -2.94. The fourth-order valence-corrected chi connectivity index (χ4v) is 4.08. The predicted molar refractivity (Wildman–Crippen MR) is 129 cm³/mol. The van der Waals surface area contributed by atoms with Crippen LogP contribution < -0.4 is 21.7 Å². The van der Waals surface area contributed by atoms with Gasteiger partial charge in [0, 0.05) is 12.2 Å². The van der Waals surface area contributed by atoms with Crippen molar-refractivity contribution in [2.45, 2.75) is 53.5 Å². The van der Waals surface area contributed by atoms with Gasteiger partial charge in [0.25, 0.3) is 11.8 Å². The van der Waals surface area contributed by atoms with Gasteiger partial charge in [0.2, 0.25) is 5.91 Å². The lowest BCUT2D eigenvalue weighted by molar-refractivity contribution is -0.122. The number of aryl methyl sites for hydroxylation is 1. The Bertz CT molecular complexity index is 970.